The number of nitrogens with zero attached hydrogens (tertiary/aromatic N) is 1. The van der Waals surface area contributed by atoms with Gasteiger partial charge < -0.3 is 14.3 Å². The van der Waals surface area contributed by atoms with Crippen LogP contribution in [0.4, 0.5) is 0 Å². The van der Waals surface area contributed by atoms with Crippen LogP contribution in [0.15, 0.2) is 28.9 Å². The Hall–Kier alpha value is -1.97. The molecule has 0 aliphatic carbocycles. The molecule has 1 N–H and O–H groups in total. The number of aromatic hydroxyl groups is 1. The lowest BCUT2D eigenvalue weighted by Gasteiger charge is -2.03. The van der Waals surface area contributed by atoms with Crippen LogP contribution in [-0.2, 0) is 6.42 Å². The van der Waals surface area contributed by atoms with Crippen LogP contribution in [-0.4, -0.2) is 17.2 Å². The zero-order valence-corrected chi connectivity index (χ0v) is 11.3. The van der Waals surface area contributed by atoms with Crippen molar-refractivity contribution in [1.82, 2.24) is 4.98 Å². The number of aryl methyl sites for hydroxylation is 1. The minimum absolute atomic E-state index is 0.146. The lowest BCUT2D eigenvalue weighted by molar-refractivity contribution is 0.408. The molecule has 0 unspecified atom stereocenters. The van der Waals surface area contributed by atoms with E-state index in [0.29, 0.717) is 17.0 Å². The Bertz CT molecular complexity index is 534. The summed E-state index contributed by atoms with van der Waals surface area (Å²) in [6.45, 7) is 2.16. The zero-order chi connectivity index (χ0) is 13.7. The molecule has 1 aromatic heterocycles. The highest BCUT2D eigenvalue weighted by Gasteiger charge is 2.11. The number of rotatable bonds is 6. The normalized spacial score (nSPS) is 10.6. The molecule has 0 saturated carbocycles. The van der Waals surface area contributed by atoms with Gasteiger partial charge in [0.2, 0.25) is 0 Å². The van der Waals surface area contributed by atoms with Gasteiger partial charge >= 0.3 is 0 Å². The van der Waals surface area contributed by atoms with Crippen molar-refractivity contribution in [2.75, 3.05) is 7.11 Å². The van der Waals surface area contributed by atoms with Gasteiger partial charge in [-0.15, -0.1) is 0 Å². The van der Waals surface area contributed by atoms with E-state index in [0.717, 1.165) is 18.7 Å². The molecular formula is C15H19NO3. The van der Waals surface area contributed by atoms with Crippen LogP contribution in [0.3, 0.4) is 0 Å². The number of oxazole rings is 1. The summed E-state index contributed by atoms with van der Waals surface area (Å²) in [7, 11) is 1.57. The van der Waals surface area contributed by atoms with Crippen LogP contribution in [0.25, 0.3) is 11.3 Å². The molecule has 0 saturated heterocycles. The fourth-order valence-electron chi connectivity index (χ4n) is 1.93. The molecule has 19 heavy (non-hydrogen) atoms. The van der Waals surface area contributed by atoms with E-state index < -0.39 is 0 Å². The topological polar surface area (TPSA) is 55.5 Å². The Morgan fingerprint density at radius 2 is 2.16 bits per heavy atom. The number of hydrogen-bond donors (Lipinski definition) is 1. The van der Waals surface area contributed by atoms with Gasteiger partial charge in [-0.05, 0) is 18.6 Å². The number of hydrogen-bond acceptors (Lipinski definition) is 4. The van der Waals surface area contributed by atoms with Gasteiger partial charge in [0.1, 0.15) is 23.5 Å². The average Bonchev–Trinajstić information content (AvgIpc) is 2.87. The Morgan fingerprint density at radius 3 is 2.84 bits per heavy atom. The first-order valence-electron chi connectivity index (χ1n) is 6.56. The molecule has 0 spiro atoms. The monoisotopic (exact) mass is 261 g/mol. The van der Waals surface area contributed by atoms with E-state index in [1.165, 1.54) is 12.8 Å². The molecule has 2 aromatic rings. The maximum absolute atomic E-state index is 9.94. The highest BCUT2D eigenvalue weighted by molar-refractivity contribution is 5.67. The Labute approximate surface area is 113 Å². The molecule has 4 heteroatoms. The molecule has 0 aliphatic rings. The van der Waals surface area contributed by atoms with E-state index in [1.54, 1.807) is 31.6 Å². The van der Waals surface area contributed by atoms with E-state index in [4.69, 9.17) is 9.15 Å². The quantitative estimate of drug-likeness (QED) is 0.804. The highest BCUT2D eigenvalue weighted by atomic mass is 16.5. The fraction of sp³-hybridized carbons (Fsp3) is 0.400. The van der Waals surface area contributed by atoms with Gasteiger partial charge in [0.15, 0.2) is 5.89 Å². The predicted octanol–water partition coefficient (Wildman–Crippen LogP) is 3.79. The van der Waals surface area contributed by atoms with Gasteiger partial charge in [-0.3, -0.25) is 0 Å². The number of phenolic OH excluding ortho intramolecular Hbond substituents is 1. The molecule has 0 atom stereocenters. The maximum atomic E-state index is 9.94. The van der Waals surface area contributed by atoms with Gasteiger partial charge in [-0.1, -0.05) is 19.8 Å². The molecule has 4 nitrogen and oxygen atoms in total. The molecule has 102 valence electrons. The van der Waals surface area contributed by atoms with Crippen LogP contribution >= 0.6 is 0 Å². The number of methoxy groups -OCH3 is 1. The standard InChI is InChI=1S/C15H19NO3/c1-3-4-5-6-15-16-13(10-19-15)12-8-7-11(18-2)9-14(12)17/h7-10,17H,3-6H2,1-2H3. The van der Waals surface area contributed by atoms with Crippen molar-refractivity contribution in [1.29, 1.82) is 0 Å². The molecule has 2 rings (SSSR count). The van der Waals surface area contributed by atoms with Gasteiger partial charge in [0.25, 0.3) is 0 Å². The lowest BCUT2D eigenvalue weighted by atomic mass is 10.1. The van der Waals surface area contributed by atoms with Crippen LogP contribution < -0.4 is 4.74 Å². The molecule has 1 heterocycles. The van der Waals surface area contributed by atoms with Crippen molar-refractivity contribution in [2.24, 2.45) is 0 Å². The maximum Gasteiger partial charge on any atom is 0.194 e. The second-order valence-corrected chi connectivity index (χ2v) is 4.47. The van der Waals surface area contributed by atoms with E-state index in [2.05, 4.69) is 11.9 Å². The van der Waals surface area contributed by atoms with Crippen LogP contribution in [0.2, 0.25) is 0 Å². The third kappa shape index (κ3) is 3.28. The number of aromatic nitrogens is 1. The summed E-state index contributed by atoms with van der Waals surface area (Å²) >= 11 is 0. The first-order chi connectivity index (χ1) is 9.24. The number of benzene rings is 1. The Morgan fingerprint density at radius 1 is 1.32 bits per heavy atom. The van der Waals surface area contributed by atoms with Crippen LogP contribution in [0.1, 0.15) is 32.1 Å². The lowest BCUT2D eigenvalue weighted by Crippen LogP contribution is -1.87. The van der Waals surface area contributed by atoms with Crippen molar-refractivity contribution in [2.45, 2.75) is 32.6 Å². The molecule has 0 amide bonds. The summed E-state index contributed by atoms with van der Waals surface area (Å²) in [5.74, 6) is 1.49. The third-order valence-corrected chi connectivity index (χ3v) is 3.03. The van der Waals surface area contributed by atoms with Gasteiger partial charge in [0.05, 0.1) is 7.11 Å². The average molecular weight is 261 g/mol. The van der Waals surface area contributed by atoms with E-state index in [9.17, 15) is 5.11 Å². The minimum Gasteiger partial charge on any atom is -0.507 e. The molecule has 0 aliphatic heterocycles. The molecule has 0 fully saturated rings. The van der Waals surface area contributed by atoms with E-state index in [1.807, 2.05) is 0 Å². The zero-order valence-electron chi connectivity index (χ0n) is 11.3. The smallest absolute Gasteiger partial charge is 0.194 e. The van der Waals surface area contributed by atoms with Crippen molar-refractivity contribution in [3.63, 3.8) is 0 Å². The van der Waals surface area contributed by atoms with Gasteiger partial charge in [0, 0.05) is 18.1 Å². The summed E-state index contributed by atoms with van der Waals surface area (Å²) in [4.78, 5) is 4.40. The van der Waals surface area contributed by atoms with Crippen molar-refractivity contribution in [3.8, 4) is 22.8 Å². The second-order valence-electron chi connectivity index (χ2n) is 4.47. The second kappa shape index (κ2) is 6.27. The van der Waals surface area contributed by atoms with Gasteiger partial charge in [-0.25, -0.2) is 4.98 Å². The minimum atomic E-state index is 0.146. The summed E-state index contributed by atoms with van der Waals surface area (Å²) in [5.41, 5.74) is 1.32. The fourth-order valence-corrected chi connectivity index (χ4v) is 1.93. The SMILES string of the molecule is CCCCCc1nc(-c2ccc(OC)cc2O)co1. The number of phenols is 1. The van der Waals surface area contributed by atoms with Crippen molar-refractivity contribution in [3.05, 3.63) is 30.4 Å². The summed E-state index contributed by atoms with van der Waals surface area (Å²) in [6.07, 6.45) is 5.84. The van der Waals surface area contributed by atoms with Gasteiger partial charge in [-0.2, -0.15) is 0 Å². The van der Waals surface area contributed by atoms with Crippen molar-refractivity contribution < 1.29 is 14.3 Å². The first-order valence-corrected chi connectivity index (χ1v) is 6.56. The van der Waals surface area contributed by atoms with Crippen LogP contribution in [0, 0.1) is 0 Å². The van der Waals surface area contributed by atoms with Crippen LogP contribution in [0.5, 0.6) is 11.5 Å². The molecule has 0 bridgehead atoms. The molecule has 0 radical (unpaired) electrons. The van der Waals surface area contributed by atoms with E-state index >= 15 is 0 Å². The summed E-state index contributed by atoms with van der Waals surface area (Å²) in [5, 5.41) is 9.94. The molecule has 1 aromatic carbocycles. The Kier molecular flexibility index (Phi) is 4.44. The molecular weight excluding hydrogens is 242 g/mol. The largest absolute Gasteiger partial charge is 0.507 e. The summed E-state index contributed by atoms with van der Waals surface area (Å²) < 4.78 is 10.5. The predicted molar refractivity (Wildman–Crippen MR) is 73.4 cm³/mol. The third-order valence-electron chi connectivity index (χ3n) is 3.03. The first kappa shape index (κ1) is 13.5. The van der Waals surface area contributed by atoms with E-state index in [-0.39, 0.29) is 5.75 Å². The Balaban J connectivity index is 2.13. The highest BCUT2D eigenvalue weighted by Crippen LogP contribution is 2.31. The van der Waals surface area contributed by atoms with Crippen molar-refractivity contribution >= 4 is 0 Å². The number of unbranched alkanes of at least 4 members (excludes halogenated alkanes) is 2. The number of ether oxygens (including phenoxy) is 1. The summed E-state index contributed by atoms with van der Waals surface area (Å²) in [6, 6.07) is 5.14.